The number of nitrogens with one attached hydrogen (secondary N) is 2. The molecule has 6 heteroatoms. The number of fused-ring (bicyclic) bond motifs is 1. The SMILES string of the molecule is O=C(CC[C@@H]1Cc2ccccc2NC1=O)NCc1ccc(N2CCCC2=O)cc1. The van der Waals surface area contributed by atoms with Gasteiger partial charge in [-0.1, -0.05) is 30.3 Å². The number of rotatable bonds is 6. The van der Waals surface area contributed by atoms with Crippen LogP contribution in [0, 0.1) is 5.92 Å². The standard InChI is InChI=1S/C23H25N3O3/c27-21(12-9-18-14-17-4-1-2-5-20(17)25-23(18)29)24-15-16-7-10-19(11-8-16)26-13-3-6-22(26)28/h1-2,4-5,7-8,10-11,18H,3,6,9,12-15H2,(H,24,27)(H,25,29)/t18-/m1/s1. The third kappa shape index (κ3) is 4.47. The summed E-state index contributed by atoms with van der Waals surface area (Å²) in [5.74, 6) is -0.0765. The van der Waals surface area contributed by atoms with Gasteiger partial charge in [0.1, 0.15) is 0 Å². The van der Waals surface area contributed by atoms with E-state index < -0.39 is 0 Å². The average molecular weight is 391 g/mol. The summed E-state index contributed by atoms with van der Waals surface area (Å²) in [6, 6.07) is 15.5. The average Bonchev–Trinajstić information content (AvgIpc) is 3.17. The van der Waals surface area contributed by atoms with Crippen LogP contribution in [0.15, 0.2) is 48.5 Å². The molecule has 2 aliphatic rings. The van der Waals surface area contributed by atoms with Crippen LogP contribution in [0.3, 0.4) is 0 Å². The highest BCUT2D eigenvalue weighted by molar-refractivity contribution is 5.96. The molecule has 0 aromatic heterocycles. The van der Waals surface area contributed by atoms with E-state index in [4.69, 9.17) is 0 Å². The van der Waals surface area contributed by atoms with Gasteiger partial charge in [0, 0.05) is 43.2 Å². The fourth-order valence-corrected chi connectivity index (χ4v) is 3.96. The van der Waals surface area contributed by atoms with Crippen molar-refractivity contribution in [2.75, 3.05) is 16.8 Å². The first kappa shape index (κ1) is 19.2. The van der Waals surface area contributed by atoms with Crippen molar-refractivity contribution in [2.45, 2.75) is 38.6 Å². The van der Waals surface area contributed by atoms with Crippen LogP contribution in [0.1, 0.15) is 36.8 Å². The predicted octanol–water partition coefficient (Wildman–Crippen LogP) is 3.02. The highest BCUT2D eigenvalue weighted by atomic mass is 16.2. The monoisotopic (exact) mass is 391 g/mol. The minimum Gasteiger partial charge on any atom is -0.352 e. The van der Waals surface area contributed by atoms with Crippen LogP contribution < -0.4 is 15.5 Å². The lowest BCUT2D eigenvalue weighted by Crippen LogP contribution is -2.31. The maximum atomic E-state index is 12.2. The summed E-state index contributed by atoms with van der Waals surface area (Å²) in [7, 11) is 0. The highest BCUT2D eigenvalue weighted by Crippen LogP contribution is 2.27. The number of anilines is 2. The molecule has 2 aliphatic heterocycles. The van der Waals surface area contributed by atoms with E-state index in [2.05, 4.69) is 10.6 Å². The summed E-state index contributed by atoms with van der Waals surface area (Å²) >= 11 is 0. The number of nitrogens with zero attached hydrogens (tertiary/aromatic N) is 1. The van der Waals surface area contributed by atoms with E-state index in [-0.39, 0.29) is 23.6 Å². The zero-order valence-corrected chi connectivity index (χ0v) is 16.3. The lowest BCUT2D eigenvalue weighted by molar-refractivity contribution is -0.123. The van der Waals surface area contributed by atoms with E-state index in [1.54, 1.807) is 4.90 Å². The molecule has 0 bridgehead atoms. The van der Waals surface area contributed by atoms with E-state index in [1.165, 1.54) is 0 Å². The van der Waals surface area contributed by atoms with E-state index in [1.807, 2.05) is 48.5 Å². The molecule has 3 amide bonds. The van der Waals surface area contributed by atoms with Crippen molar-refractivity contribution in [1.82, 2.24) is 5.32 Å². The van der Waals surface area contributed by atoms with Crippen molar-refractivity contribution in [3.8, 4) is 0 Å². The van der Waals surface area contributed by atoms with Gasteiger partial charge >= 0.3 is 0 Å². The van der Waals surface area contributed by atoms with E-state index in [0.29, 0.717) is 32.2 Å². The topological polar surface area (TPSA) is 78.5 Å². The molecule has 2 heterocycles. The number of hydrogen-bond donors (Lipinski definition) is 2. The fraction of sp³-hybridized carbons (Fsp3) is 0.348. The van der Waals surface area contributed by atoms with Gasteiger partial charge in [-0.25, -0.2) is 0 Å². The van der Waals surface area contributed by atoms with Crippen molar-refractivity contribution < 1.29 is 14.4 Å². The van der Waals surface area contributed by atoms with Crippen LogP contribution in [0.5, 0.6) is 0 Å². The van der Waals surface area contributed by atoms with Gasteiger partial charge in [-0.2, -0.15) is 0 Å². The third-order valence-electron chi connectivity index (χ3n) is 5.64. The van der Waals surface area contributed by atoms with Gasteiger partial charge in [-0.05, 0) is 48.6 Å². The van der Waals surface area contributed by atoms with Crippen LogP contribution in [-0.2, 0) is 27.3 Å². The second kappa shape index (κ2) is 8.47. The Kier molecular flexibility index (Phi) is 5.60. The number of benzene rings is 2. The Balaban J connectivity index is 1.24. The molecule has 0 aliphatic carbocycles. The van der Waals surface area contributed by atoms with Crippen molar-refractivity contribution in [3.05, 3.63) is 59.7 Å². The zero-order valence-electron chi connectivity index (χ0n) is 16.3. The van der Waals surface area contributed by atoms with Gasteiger partial charge in [0.05, 0.1) is 0 Å². The summed E-state index contributed by atoms with van der Waals surface area (Å²) < 4.78 is 0. The molecule has 29 heavy (non-hydrogen) atoms. The molecule has 2 N–H and O–H groups in total. The molecule has 150 valence electrons. The number of carbonyl (C=O) groups is 3. The van der Waals surface area contributed by atoms with Crippen LogP contribution in [-0.4, -0.2) is 24.3 Å². The third-order valence-corrected chi connectivity index (χ3v) is 5.64. The summed E-state index contributed by atoms with van der Waals surface area (Å²) in [5, 5.41) is 5.84. The van der Waals surface area contributed by atoms with Gasteiger partial charge < -0.3 is 15.5 Å². The molecule has 0 spiro atoms. The molecular weight excluding hydrogens is 366 g/mol. The first-order valence-electron chi connectivity index (χ1n) is 10.1. The van der Waals surface area contributed by atoms with E-state index in [0.717, 1.165) is 35.5 Å². The van der Waals surface area contributed by atoms with E-state index >= 15 is 0 Å². The summed E-state index contributed by atoms with van der Waals surface area (Å²) in [5.41, 5.74) is 3.88. The molecule has 6 nitrogen and oxygen atoms in total. The molecule has 0 radical (unpaired) electrons. The Hall–Kier alpha value is -3.15. The lowest BCUT2D eigenvalue weighted by Gasteiger charge is -2.24. The van der Waals surface area contributed by atoms with Crippen molar-refractivity contribution in [3.63, 3.8) is 0 Å². The Bertz CT molecular complexity index is 923. The maximum absolute atomic E-state index is 12.2. The molecule has 2 aromatic rings. The van der Waals surface area contributed by atoms with Crippen molar-refractivity contribution in [2.24, 2.45) is 5.92 Å². The van der Waals surface area contributed by atoms with Crippen LogP contribution in [0.4, 0.5) is 11.4 Å². The van der Waals surface area contributed by atoms with Gasteiger partial charge in [-0.15, -0.1) is 0 Å². The van der Waals surface area contributed by atoms with Crippen LogP contribution >= 0.6 is 0 Å². The largest absolute Gasteiger partial charge is 0.352 e. The molecule has 1 atom stereocenters. The van der Waals surface area contributed by atoms with E-state index in [9.17, 15) is 14.4 Å². The smallest absolute Gasteiger partial charge is 0.227 e. The first-order chi connectivity index (χ1) is 14.1. The van der Waals surface area contributed by atoms with Crippen molar-refractivity contribution >= 4 is 29.1 Å². The summed E-state index contributed by atoms with van der Waals surface area (Å²) in [6.45, 7) is 1.21. The minimum atomic E-state index is -0.173. The Morgan fingerprint density at radius 3 is 2.66 bits per heavy atom. The highest BCUT2D eigenvalue weighted by Gasteiger charge is 2.26. The van der Waals surface area contributed by atoms with Gasteiger partial charge in [-0.3, -0.25) is 14.4 Å². The number of hydrogen-bond acceptors (Lipinski definition) is 3. The Morgan fingerprint density at radius 1 is 1.10 bits per heavy atom. The molecular formula is C23H25N3O3. The van der Waals surface area contributed by atoms with Gasteiger partial charge in [0.15, 0.2) is 0 Å². The first-order valence-corrected chi connectivity index (χ1v) is 10.1. The normalized spacial score (nSPS) is 18.3. The van der Waals surface area contributed by atoms with Gasteiger partial charge in [0.2, 0.25) is 17.7 Å². The number of carbonyl (C=O) groups excluding carboxylic acids is 3. The number of amides is 3. The summed E-state index contributed by atoms with van der Waals surface area (Å²) in [4.78, 5) is 38.1. The molecule has 4 rings (SSSR count). The van der Waals surface area contributed by atoms with Crippen molar-refractivity contribution in [1.29, 1.82) is 0 Å². The predicted molar refractivity (Wildman–Crippen MR) is 111 cm³/mol. The number of para-hydroxylation sites is 1. The second-order valence-electron chi connectivity index (χ2n) is 7.68. The Morgan fingerprint density at radius 2 is 1.90 bits per heavy atom. The minimum absolute atomic E-state index is 0.0106. The maximum Gasteiger partial charge on any atom is 0.227 e. The Labute approximate surface area is 170 Å². The molecule has 0 unspecified atom stereocenters. The lowest BCUT2D eigenvalue weighted by atomic mass is 9.89. The van der Waals surface area contributed by atoms with Crippen LogP contribution in [0.25, 0.3) is 0 Å². The molecule has 1 fully saturated rings. The summed E-state index contributed by atoms with van der Waals surface area (Å²) in [6.07, 6.45) is 3.04. The molecule has 0 saturated carbocycles. The second-order valence-corrected chi connectivity index (χ2v) is 7.68. The fourth-order valence-electron chi connectivity index (χ4n) is 3.96. The zero-order chi connectivity index (χ0) is 20.2. The van der Waals surface area contributed by atoms with Crippen LogP contribution in [0.2, 0.25) is 0 Å². The quantitative estimate of drug-likeness (QED) is 0.795. The van der Waals surface area contributed by atoms with Gasteiger partial charge in [0.25, 0.3) is 0 Å². The molecule has 2 aromatic carbocycles. The molecule has 1 saturated heterocycles.